The molecule has 0 radical (unpaired) electrons. The molecule has 0 heterocycles. The molecule has 0 aromatic heterocycles. The number of hydrogen-bond acceptors (Lipinski definition) is 8. The van der Waals surface area contributed by atoms with E-state index in [1.807, 2.05) is 6.92 Å². The van der Waals surface area contributed by atoms with E-state index in [2.05, 4.69) is 0 Å². The van der Waals surface area contributed by atoms with Crippen LogP contribution in [-0.4, -0.2) is 69.5 Å². The number of hydrogen-bond donors (Lipinski definition) is 4. The Kier molecular flexibility index (Phi) is 9.32. The van der Waals surface area contributed by atoms with E-state index in [-0.39, 0.29) is 13.2 Å². The lowest BCUT2D eigenvalue weighted by Crippen LogP contribution is -2.29. The molecule has 0 aliphatic rings. The van der Waals surface area contributed by atoms with Gasteiger partial charge in [0.05, 0.1) is 46.6 Å². The third-order valence-electron chi connectivity index (χ3n) is 4.27. The van der Waals surface area contributed by atoms with Gasteiger partial charge in [-0.3, -0.25) is 0 Å². The molecule has 0 spiro atoms. The van der Waals surface area contributed by atoms with E-state index in [4.69, 9.17) is 9.47 Å². The van der Waals surface area contributed by atoms with Crippen LogP contribution in [-0.2, 0) is 9.47 Å². The zero-order valence-corrected chi connectivity index (χ0v) is 17.3. The van der Waals surface area contributed by atoms with Crippen molar-refractivity contribution in [2.45, 2.75) is 39.5 Å². The molecule has 1 aromatic carbocycles. The maximum absolute atomic E-state index is 12.7. The Morgan fingerprint density at radius 2 is 0.938 bits per heavy atom. The second kappa shape index (κ2) is 11.4. The summed E-state index contributed by atoms with van der Waals surface area (Å²) in [5.74, 6) is -11.4. The number of rotatable bonds is 12. The van der Waals surface area contributed by atoms with Gasteiger partial charge in [0, 0.05) is 0 Å². The Labute approximate surface area is 181 Å². The lowest BCUT2D eigenvalue weighted by molar-refractivity contribution is 0.0450. The van der Waals surface area contributed by atoms with E-state index in [0.717, 1.165) is 12.8 Å². The monoisotopic (exact) mass is 454 g/mol. The summed E-state index contributed by atoms with van der Waals surface area (Å²) in [6, 6.07) is 0. The van der Waals surface area contributed by atoms with Crippen molar-refractivity contribution in [2.24, 2.45) is 0 Å². The van der Waals surface area contributed by atoms with Gasteiger partial charge in [0.2, 0.25) is 0 Å². The van der Waals surface area contributed by atoms with Crippen LogP contribution < -0.4 is 0 Å². The molecule has 12 nitrogen and oxygen atoms in total. The topological polar surface area (TPSA) is 202 Å². The van der Waals surface area contributed by atoms with Crippen LogP contribution >= 0.6 is 0 Å². The zero-order chi connectivity index (χ0) is 24.6. The molecule has 12 heteroatoms. The van der Waals surface area contributed by atoms with Crippen molar-refractivity contribution in [3.63, 3.8) is 0 Å². The predicted molar refractivity (Wildman–Crippen MR) is 105 cm³/mol. The number of unbranched alkanes of at least 4 members (excludes halogenated alkanes) is 3. The van der Waals surface area contributed by atoms with Crippen molar-refractivity contribution in [2.75, 3.05) is 13.2 Å². The van der Waals surface area contributed by atoms with Crippen molar-refractivity contribution in [1.82, 2.24) is 0 Å². The summed E-state index contributed by atoms with van der Waals surface area (Å²) in [7, 11) is 0. The number of carboxylic acid groups (broad SMARTS) is 4. The number of carboxylic acids is 4. The fraction of sp³-hybridized carbons (Fsp3) is 0.400. The summed E-state index contributed by atoms with van der Waals surface area (Å²) < 4.78 is 9.65. The van der Waals surface area contributed by atoms with Gasteiger partial charge in [-0.05, 0) is 13.3 Å². The van der Waals surface area contributed by atoms with E-state index >= 15 is 0 Å². The molecule has 0 fully saturated rings. The molecule has 0 unspecified atom stereocenters. The first-order chi connectivity index (χ1) is 15.0. The van der Waals surface area contributed by atoms with Crippen molar-refractivity contribution < 1.29 is 58.7 Å². The maximum atomic E-state index is 12.7. The van der Waals surface area contributed by atoms with Crippen molar-refractivity contribution in [1.29, 1.82) is 0 Å². The minimum atomic E-state index is -2.13. The first-order valence-electron chi connectivity index (χ1n) is 9.52. The van der Waals surface area contributed by atoms with Crippen LogP contribution in [0.3, 0.4) is 0 Å². The largest absolute Gasteiger partial charge is 0.478 e. The van der Waals surface area contributed by atoms with Gasteiger partial charge in [-0.2, -0.15) is 0 Å². The number of esters is 2. The van der Waals surface area contributed by atoms with E-state index < -0.39 is 69.2 Å². The van der Waals surface area contributed by atoms with Gasteiger partial charge in [-0.15, -0.1) is 0 Å². The summed E-state index contributed by atoms with van der Waals surface area (Å²) >= 11 is 0. The molecule has 0 aliphatic carbocycles. The molecular weight excluding hydrogens is 432 g/mol. The maximum Gasteiger partial charge on any atom is 0.339 e. The number of benzene rings is 1. The lowest BCUT2D eigenvalue weighted by atomic mass is 9.86. The number of carbonyl (C=O) groups is 6. The molecule has 0 bridgehead atoms. The second-order valence-electron chi connectivity index (χ2n) is 6.39. The average Bonchev–Trinajstić information content (AvgIpc) is 2.70. The van der Waals surface area contributed by atoms with Gasteiger partial charge in [0.1, 0.15) is 0 Å². The minimum absolute atomic E-state index is 0.231. The summed E-state index contributed by atoms with van der Waals surface area (Å²) in [5, 5.41) is 38.1. The fourth-order valence-corrected chi connectivity index (χ4v) is 2.98. The lowest BCUT2D eigenvalue weighted by Gasteiger charge is -2.18. The molecular formula is C20H22O12. The van der Waals surface area contributed by atoms with Crippen LogP contribution in [0.4, 0.5) is 0 Å². The van der Waals surface area contributed by atoms with Crippen LogP contribution in [0.5, 0.6) is 0 Å². The molecule has 1 rings (SSSR count). The molecule has 0 saturated heterocycles. The number of aromatic carboxylic acids is 4. The number of ether oxygens (including phenoxy) is 2. The van der Waals surface area contributed by atoms with Crippen LogP contribution in [0, 0.1) is 0 Å². The van der Waals surface area contributed by atoms with Gasteiger partial charge in [-0.25, -0.2) is 28.8 Å². The van der Waals surface area contributed by atoms with E-state index in [1.54, 1.807) is 0 Å². The van der Waals surface area contributed by atoms with Crippen molar-refractivity contribution in [3.8, 4) is 0 Å². The van der Waals surface area contributed by atoms with Crippen molar-refractivity contribution in [3.05, 3.63) is 33.4 Å². The van der Waals surface area contributed by atoms with Gasteiger partial charge >= 0.3 is 35.8 Å². The normalized spacial score (nSPS) is 10.3. The van der Waals surface area contributed by atoms with E-state index in [9.17, 15) is 49.2 Å². The Morgan fingerprint density at radius 1 is 0.562 bits per heavy atom. The van der Waals surface area contributed by atoms with Crippen LogP contribution in [0.2, 0.25) is 0 Å². The Morgan fingerprint density at radius 3 is 1.28 bits per heavy atom. The summed E-state index contributed by atoms with van der Waals surface area (Å²) in [5.41, 5.74) is -8.15. The molecule has 32 heavy (non-hydrogen) atoms. The highest BCUT2D eigenvalue weighted by Gasteiger charge is 2.41. The molecule has 0 atom stereocenters. The SMILES string of the molecule is CCCCCCOC(=O)c1c(C(=O)O)c(C(=O)O)c(C(=O)O)c(C(=O)O)c1C(=O)OCC. The first kappa shape index (κ1) is 26.1. The highest BCUT2D eigenvalue weighted by atomic mass is 16.5. The first-order valence-corrected chi connectivity index (χ1v) is 9.52. The van der Waals surface area contributed by atoms with Gasteiger partial charge in [0.25, 0.3) is 0 Å². The van der Waals surface area contributed by atoms with Crippen molar-refractivity contribution >= 4 is 35.8 Å². The summed E-state index contributed by atoms with van der Waals surface area (Å²) in [4.78, 5) is 72.5. The molecule has 0 amide bonds. The summed E-state index contributed by atoms with van der Waals surface area (Å²) in [6.07, 6.45) is 2.69. The highest BCUT2D eigenvalue weighted by molar-refractivity contribution is 6.23. The van der Waals surface area contributed by atoms with Gasteiger partial charge in [-0.1, -0.05) is 26.2 Å². The third kappa shape index (κ3) is 5.59. The summed E-state index contributed by atoms with van der Waals surface area (Å²) in [6.45, 7) is 2.69. The standard InChI is InChI=1S/C20H22O12/c1-3-5-6-7-8-32-20(30)14-12(18(27)28)10(16(23)24)9(15(21)22)11(17(25)26)13(14)19(29)31-4-2/h3-8H2,1-2H3,(H,21,22)(H,23,24)(H,25,26)(H,27,28). The Hall–Kier alpha value is -3.96. The van der Waals surface area contributed by atoms with Crippen LogP contribution in [0.15, 0.2) is 0 Å². The van der Waals surface area contributed by atoms with Gasteiger partial charge in [0.15, 0.2) is 0 Å². The fourth-order valence-electron chi connectivity index (χ4n) is 2.98. The molecule has 0 saturated carbocycles. The Balaban J connectivity index is 4.02. The highest BCUT2D eigenvalue weighted by Crippen LogP contribution is 2.31. The molecule has 1 aromatic rings. The van der Waals surface area contributed by atoms with Gasteiger partial charge < -0.3 is 29.9 Å². The zero-order valence-electron chi connectivity index (χ0n) is 17.3. The molecule has 4 N–H and O–H groups in total. The predicted octanol–water partition coefficient (Wildman–Crippen LogP) is 2.39. The second-order valence-corrected chi connectivity index (χ2v) is 6.39. The van der Waals surface area contributed by atoms with Crippen LogP contribution in [0.1, 0.15) is 102 Å². The number of carbonyl (C=O) groups excluding carboxylic acids is 2. The average molecular weight is 454 g/mol. The molecule has 0 aliphatic heterocycles. The van der Waals surface area contributed by atoms with Crippen LogP contribution in [0.25, 0.3) is 0 Å². The Bertz CT molecular complexity index is 960. The van der Waals surface area contributed by atoms with E-state index in [0.29, 0.717) is 12.8 Å². The third-order valence-corrected chi connectivity index (χ3v) is 4.27. The quantitative estimate of drug-likeness (QED) is 0.266. The smallest absolute Gasteiger partial charge is 0.339 e. The van der Waals surface area contributed by atoms with E-state index in [1.165, 1.54) is 6.92 Å². The minimum Gasteiger partial charge on any atom is -0.478 e. The molecule has 174 valence electrons.